The zero-order valence-corrected chi connectivity index (χ0v) is 9.10. The maximum atomic E-state index is 12.8. The lowest BCUT2D eigenvalue weighted by atomic mass is 10.2. The van der Waals surface area contributed by atoms with Crippen molar-refractivity contribution < 1.29 is 18.8 Å². The predicted molar refractivity (Wildman–Crippen MR) is 58.2 cm³/mol. The van der Waals surface area contributed by atoms with E-state index in [0.29, 0.717) is 0 Å². The van der Waals surface area contributed by atoms with Gasteiger partial charge in [-0.1, -0.05) is 0 Å². The second-order valence-corrected chi connectivity index (χ2v) is 3.21. The van der Waals surface area contributed by atoms with E-state index in [1.54, 1.807) is 0 Å². The fraction of sp³-hybridized carbons (Fsp3) is 0.300. The van der Waals surface area contributed by atoms with Crippen LogP contribution in [0.4, 0.5) is 15.8 Å². The van der Waals surface area contributed by atoms with Gasteiger partial charge in [0.25, 0.3) is 5.69 Å². The molecule has 1 aromatic carbocycles. The van der Waals surface area contributed by atoms with Gasteiger partial charge in [-0.05, 0) is 12.1 Å². The first-order chi connectivity index (χ1) is 8.04. The number of nitro groups is 1. The van der Waals surface area contributed by atoms with Crippen molar-refractivity contribution in [3.8, 4) is 0 Å². The number of rotatable bonds is 5. The molecule has 0 aliphatic carbocycles. The number of amides is 1. The summed E-state index contributed by atoms with van der Waals surface area (Å²) >= 11 is 0. The minimum atomic E-state index is -0.755. The van der Waals surface area contributed by atoms with E-state index in [1.807, 2.05) is 0 Å². The zero-order valence-electron chi connectivity index (χ0n) is 9.10. The fourth-order valence-corrected chi connectivity index (χ4v) is 1.17. The normalized spacial score (nSPS) is 10.0. The van der Waals surface area contributed by atoms with Crippen molar-refractivity contribution in [3.05, 3.63) is 34.1 Å². The number of nitrogens with zero attached hydrogens (tertiary/aromatic N) is 1. The molecule has 0 heterocycles. The molecule has 1 aromatic rings. The summed E-state index contributed by atoms with van der Waals surface area (Å²) in [6.07, 6.45) is 0.0744. The second kappa shape index (κ2) is 5.90. The molecule has 0 spiro atoms. The maximum absolute atomic E-state index is 12.8. The van der Waals surface area contributed by atoms with Crippen LogP contribution in [0.2, 0.25) is 0 Å². The lowest BCUT2D eigenvalue weighted by Crippen LogP contribution is -2.14. The highest BCUT2D eigenvalue weighted by molar-refractivity contribution is 5.93. The van der Waals surface area contributed by atoms with Crippen molar-refractivity contribution in [2.24, 2.45) is 0 Å². The third kappa shape index (κ3) is 3.80. The highest BCUT2D eigenvalue weighted by atomic mass is 19.1. The molecule has 0 atom stereocenters. The molecule has 0 saturated heterocycles. The Morgan fingerprint density at radius 3 is 2.88 bits per heavy atom. The number of hydrogen-bond acceptors (Lipinski definition) is 4. The molecule has 0 radical (unpaired) electrons. The SMILES string of the molecule is COCCC(=O)Nc1ccc(F)cc1[N+](=O)[O-]. The Bertz CT molecular complexity index is 436. The molecule has 0 aliphatic heterocycles. The van der Waals surface area contributed by atoms with Gasteiger partial charge in [-0.25, -0.2) is 4.39 Å². The molecule has 92 valence electrons. The van der Waals surface area contributed by atoms with Gasteiger partial charge in [-0.15, -0.1) is 0 Å². The van der Waals surface area contributed by atoms with E-state index in [-0.39, 0.29) is 18.7 Å². The molecule has 6 nitrogen and oxygen atoms in total. The number of nitro benzene ring substituents is 1. The Balaban J connectivity index is 2.83. The Hall–Kier alpha value is -2.02. The molecule has 0 unspecified atom stereocenters. The Labute approximate surface area is 96.5 Å². The summed E-state index contributed by atoms with van der Waals surface area (Å²) in [4.78, 5) is 21.2. The van der Waals surface area contributed by atoms with Crippen LogP contribution in [0.3, 0.4) is 0 Å². The van der Waals surface area contributed by atoms with Gasteiger partial charge in [0.2, 0.25) is 5.91 Å². The van der Waals surface area contributed by atoms with E-state index in [2.05, 4.69) is 5.32 Å². The lowest BCUT2D eigenvalue weighted by molar-refractivity contribution is -0.384. The molecule has 0 saturated carbocycles. The van der Waals surface area contributed by atoms with Crippen molar-refractivity contribution in [3.63, 3.8) is 0 Å². The smallest absolute Gasteiger partial charge is 0.295 e. The van der Waals surface area contributed by atoms with E-state index < -0.39 is 22.3 Å². The Kier molecular flexibility index (Phi) is 4.53. The number of benzene rings is 1. The molecule has 7 heteroatoms. The average Bonchev–Trinajstić information content (AvgIpc) is 2.28. The standard InChI is InChI=1S/C10H11FN2O4/c1-17-5-4-10(14)12-8-3-2-7(11)6-9(8)13(15)16/h2-3,6H,4-5H2,1H3,(H,12,14). The van der Waals surface area contributed by atoms with Crippen LogP contribution >= 0.6 is 0 Å². The van der Waals surface area contributed by atoms with Crippen LogP contribution in [0.15, 0.2) is 18.2 Å². The number of carbonyl (C=O) groups is 1. The molecule has 1 amide bonds. The van der Waals surface area contributed by atoms with Gasteiger partial charge in [0, 0.05) is 7.11 Å². The zero-order chi connectivity index (χ0) is 12.8. The van der Waals surface area contributed by atoms with E-state index >= 15 is 0 Å². The third-order valence-corrected chi connectivity index (χ3v) is 1.96. The summed E-state index contributed by atoms with van der Waals surface area (Å²) in [5.74, 6) is -1.16. The van der Waals surface area contributed by atoms with Crippen LogP contribution in [0.5, 0.6) is 0 Å². The van der Waals surface area contributed by atoms with Gasteiger partial charge in [-0.3, -0.25) is 14.9 Å². The van der Waals surface area contributed by atoms with Crippen LogP contribution in [0.1, 0.15) is 6.42 Å². The summed E-state index contributed by atoms with van der Waals surface area (Å²) < 4.78 is 17.5. The predicted octanol–water partition coefficient (Wildman–Crippen LogP) is 1.71. The highest BCUT2D eigenvalue weighted by Gasteiger charge is 2.16. The number of nitrogens with one attached hydrogen (secondary N) is 1. The van der Waals surface area contributed by atoms with E-state index in [9.17, 15) is 19.3 Å². The van der Waals surface area contributed by atoms with Gasteiger partial charge in [0.15, 0.2) is 0 Å². The van der Waals surface area contributed by atoms with Crippen molar-refractivity contribution in [2.75, 3.05) is 19.0 Å². The average molecular weight is 242 g/mol. The Morgan fingerprint density at radius 1 is 1.59 bits per heavy atom. The molecular weight excluding hydrogens is 231 g/mol. The molecule has 0 fully saturated rings. The number of carbonyl (C=O) groups excluding carboxylic acids is 1. The third-order valence-electron chi connectivity index (χ3n) is 1.96. The van der Waals surface area contributed by atoms with Crippen LogP contribution in [-0.2, 0) is 9.53 Å². The van der Waals surface area contributed by atoms with Gasteiger partial charge in [-0.2, -0.15) is 0 Å². The van der Waals surface area contributed by atoms with Gasteiger partial charge in [0.05, 0.1) is 24.0 Å². The summed E-state index contributed by atoms with van der Waals surface area (Å²) in [6, 6.07) is 2.95. The number of halogens is 1. The van der Waals surface area contributed by atoms with Crippen LogP contribution in [0.25, 0.3) is 0 Å². The fourth-order valence-electron chi connectivity index (χ4n) is 1.17. The molecule has 1 N–H and O–H groups in total. The molecule has 17 heavy (non-hydrogen) atoms. The summed E-state index contributed by atoms with van der Waals surface area (Å²) in [5, 5.41) is 13.0. The first-order valence-corrected chi connectivity index (χ1v) is 4.77. The van der Waals surface area contributed by atoms with Gasteiger partial charge >= 0.3 is 0 Å². The van der Waals surface area contributed by atoms with Gasteiger partial charge in [0.1, 0.15) is 11.5 Å². The quantitative estimate of drug-likeness (QED) is 0.629. The Morgan fingerprint density at radius 2 is 2.29 bits per heavy atom. The van der Waals surface area contributed by atoms with Crippen molar-refractivity contribution in [2.45, 2.75) is 6.42 Å². The molecular formula is C10H11FN2O4. The van der Waals surface area contributed by atoms with E-state index in [0.717, 1.165) is 18.2 Å². The van der Waals surface area contributed by atoms with Crippen molar-refractivity contribution in [1.82, 2.24) is 0 Å². The van der Waals surface area contributed by atoms with Crippen molar-refractivity contribution >= 4 is 17.3 Å². The van der Waals surface area contributed by atoms with Gasteiger partial charge < -0.3 is 10.1 Å². The molecule has 1 rings (SSSR count). The number of hydrogen-bond donors (Lipinski definition) is 1. The summed E-state index contributed by atoms with van der Waals surface area (Å²) in [6.45, 7) is 0.209. The molecule has 0 aliphatic rings. The van der Waals surface area contributed by atoms with Crippen molar-refractivity contribution in [1.29, 1.82) is 0 Å². The summed E-state index contributed by atoms with van der Waals surface area (Å²) in [7, 11) is 1.44. The second-order valence-electron chi connectivity index (χ2n) is 3.21. The number of methoxy groups -OCH3 is 1. The minimum absolute atomic E-state index is 0.0301. The van der Waals surface area contributed by atoms with Crippen LogP contribution < -0.4 is 5.32 Å². The number of ether oxygens (including phenoxy) is 1. The lowest BCUT2D eigenvalue weighted by Gasteiger charge is -2.05. The molecule has 0 bridgehead atoms. The largest absolute Gasteiger partial charge is 0.384 e. The van der Waals surface area contributed by atoms with Crippen LogP contribution in [0, 0.1) is 15.9 Å². The highest BCUT2D eigenvalue weighted by Crippen LogP contribution is 2.24. The maximum Gasteiger partial charge on any atom is 0.295 e. The minimum Gasteiger partial charge on any atom is -0.384 e. The first kappa shape index (κ1) is 13.0. The summed E-state index contributed by atoms with van der Waals surface area (Å²) in [5.41, 5.74) is -0.506. The monoisotopic (exact) mass is 242 g/mol. The number of anilines is 1. The topological polar surface area (TPSA) is 81.5 Å². The van der Waals surface area contributed by atoms with E-state index in [4.69, 9.17) is 4.74 Å². The first-order valence-electron chi connectivity index (χ1n) is 4.77. The van der Waals surface area contributed by atoms with Crippen LogP contribution in [-0.4, -0.2) is 24.5 Å². The van der Waals surface area contributed by atoms with E-state index in [1.165, 1.54) is 7.11 Å². The molecule has 0 aromatic heterocycles.